The molecule has 22 heavy (non-hydrogen) atoms. The molecule has 2 bridgehead atoms. The number of likely N-dealkylation sites (tertiary alicyclic amines) is 1. The summed E-state index contributed by atoms with van der Waals surface area (Å²) >= 11 is 0. The van der Waals surface area contributed by atoms with Crippen molar-refractivity contribution in [3.63, 3.8) is 0 Å². The van der Waals surface area contributed by atoms with Crippen LogP contribution in [0, 0.1) is 11.8 Å². The third kappa shape index (κ3) is 2.19. The Morgan fingerprint density at radius 2 is 2.32 bits per heavy atom. The van der Waals surface area contributed by atoms with E-state index in [0.717, 1.165) is 12.8 Å². The van der Waals surface area contributed by atoms with Crippen LogP contribution in [0.1, 0.15) is 33.6 Å². The normalized spacial score (nSPS) is 36.6. The van der Waals surface area contributed by atoms with E-state index in [1.165, 1.54) is 5.57 Å². The molecule has 5 heteroatoms. The molecule has 2 fully saturated rings. The molecule has 0 aromatic heterocycles. The van der Waals surface area contributed by atoms with Crippen molar-refractivity contribution in [3.8, 4) is 0 Å². The molecule has 1 amide bonds. The monoisotopic (exact) mass is 305 g/mol. The van der Waals surface area contributed by atoms with E-state index in [-0.39, 0.29) is 11.9 Å². The number of fused-ring (bicyclic) bond motifs is 1. The summed E-state index contributed by atoms with van der Waals surface area (Å²) in [6.45, 7) is 6.62. The maximum Gasteiger partial charge on any atom is 0.310 e. The number of carboxylic acids is 1. The van der Waals surface area contributed by atoms with Crippen molar-refractivity contribution < 1.29 is 19.4 Å². The van der Waals surface area contributed by atoms with Gasteiger partial charge in [0, 0.05) is 6.04 Å². The summed E-state index contributed by atoms with van der Waals surface area (Å²) in [5, 5.41) is 9.43. The molecule has 0 radical (unpaired) electrons. The number of carbonyl (C=O) groups is 2. The molecule has 3 aliphatic rings. The highest BCUT2D eigenvalue weighted by atomic mass is 16.5. The smallest absolute Gasteiger partial charge is 0.310 e. The third-order valence-electron chi connectivity index (χ3n) is 5.08. The Morgan fingerprint density at radius 1 is 1.59 bits per heavy atom. The standard InChI is InChI=1S/C17H23NO4/c1-10(2)5-4-6-11(3)18-9-17-8-7-12(22-17)13(16(20)21)14(17)15(18)19/h5,7-8,11-14H,4,6,9H2,1-3H3,(H,20,21)/t11-,12-,13-,14+,17-/m1/s1. The molecule has 5 nitrogen and oxygen atoms in total. The van der Waals surface area contributed by atoms with Crippen LogP contribution < -0.4 is 0 Å². The quantitative estimate of drug-likeness (QED) is 0.789. The number of aliphatic carboxylic acids is 1. The lowest BCUT2D eigenvalue weighted by atomic mass is 9.77. The Bertz CT molecular complexity index is 563. The highest BCUT2D eigenvalue weighted by Gasteiger charge is 2.67. The molecule has 3 rings (SSSR count). The predicted octanol–water partition coefficient (Wildman–Crippen LogP) is 1.99. The predicted molar refractivity (Wildman–Crippen MR) is 81.2 cm³/mol. The first-order valence-electron chi connectivity index (χ1n) is 7.89. The van der Waals surface area contributed by atoms with Gasteiger partial charge in [0.1, 0.15) is 11.5 Å². The molecule has 0 saturated carbocycles. The highest BCUT2D eigenvalue weighted by Crippen LogP contribution is 2.52. The van der Waals surface area contributed by atoms with Gasteiger partial charge in [-0.3, -0.25) is 9.59 Å². The summed E-state index contributed by atoms with van der Waals surface area (Å²) < 4.78 is 5.88. The first-order chi connectivity index (χ1) is 10.4. The number of hydrogen-bond acceptors (Lipinski definition) is 3. The Labute approximate surface area is 130 Å². The van der Waals surface area contributed by atoms with Gasteiger partial charge in [0.05, 0.1) is 18.6 Å². The molecule has 120 valence electrons. The van der Waals surface area contributed by atoms with E-state index in [1.807, 2.05) is 17.9 Å². The zero-order valence-electron chi connectivity index (χ0n) is 13.3. The summed E-state index contributed by atoms with van der Waals surface area (Å²) in [4.78, 5) is 26.1. The maximum absolute atomic E-state index is 12.8. The summed E-state index contributed by atoms with van der Waals surface area (Å²) in [5.74, 6) is -2.31. The van der Waals surface area contributed by atoms with Crippen molar-refractivity contribution in [2.75, 3.05) is 6.54 Å². The summed E-state index contributed by atoms with van der Waals surface area (Å²) in [6.07, 6.45) is 7.23. The van der Waals surface area contributed by atoms with Crippen LogP contribution in [-0.2, 0) is 14.3 Å². The van der Waals surface area contributed by atoms with Crippen LogP contribution in [0.2, 0.25) is 0 Å². The van der Waals surface area contributed by atoms with Crippen LogP contribution in [-0.4, -0.2) is 46.2 Å². The van der Waals surface area contributed by atoms with E-state index in [2.05, 4.69) is 19.9 Å². The first kappa shape index (κ1) is 15.3. The molecule has 0 aliphatic carbocycles. The van der Waals surface area contributed by atoms with E-state index in [9.17, 15) is 14.7 Å². The van der Waals surface area contributed by atoms with Crippen LogP contribution in [0.15, 0.2) is 23.8 Å². The molecule has 2 saturated heterocycles. The van der Waals surface area contributed by atoms with Crippen molar-refractivity contribution in [1.29, 1.82) is 0 Å². The Morgan fingerprint density at radius 3 is 2.95 bits per heavy atom. The number of ether oxygens (including phenoxy) is 1. The number of amides is 1. The second-order valence-electron chi connectivity index (χ2n) is 6.91. The van der Waals surface area contributed by atoms with Crippen molar-refractivity contribution >= 4 is 11.9 Å². The molecule has 3 heterocycles. The lowest BCUT2D eigenvalue weighted by Crippen LogP contribution is -2.40. The topological polar surface area (TPSA) is 66.8 Å². The molecule has 1 N–H and O–H groups in total. The van der Waals surface area contributed by atoms with Crippen molar-refractivity contribution in [3.05, 3.63) is 23.8 Å². The molecular weight excluding hydrogens is 282 g/mol. The zero-order chi connectivity index (χ0) is 16.1. The Balaban J connectivity index is 1.76. The van der Waals surface area contributed by atoms with Gasteiger partial charge in [-0.05, 0) is 33.6 Å². The maximum atomic E-state index is 12.8. The minimum Gasteiger partial charge on any atom is -0.481 e. The molecule has 3 aliphatic heterocycles. The second-order valence-corrected chi connectivity index (χ2v) is 6.91. The molecular formula is C17H23NO4. The first-order valence-corrected chi connectivity index (χ1v) is 7.89. The molecule has 0 aromatic rings. The number of allylic oxidation sites excluding steroid dienone is 2. The number of carboxylic acid groups (broad SMARTS) is 1. The van der Waals surface area contributed by atoms with Crippen LogP contribution >= 0.6 is 0 Å². The fourth-order valence-corrected chi connectivity index (χ4v) is 3.95. The van der Waals surface area contributed by atoms with Crippen molar-refractivity contribution in [1.82, 2.24) is 4.90 Å². The minimum absolute atomic E-state index is 0.0658. The number of hydrogen-bond donors (Lipinski definition) is 1. The summed E-state index contributed by atoms with van der Waals surface area (Å²) in [7, 11) is 0. The zero-order valence-corrected chi connectivity index (χ0v) is 13.3. The summed E-state index contributed by atoms with van der Waals surface area (Å²) in [6, 6.07) is 0.0913. The molecule has 0 aromatic carbocycles. The van der Waals surface area contributed by atoms with E-state index in [0.29, 0.717) is 6.54 Å². The average Bonchev–Trinajstić information content (AvgIpc) is 3.06. The number of carbonyl (C=O) groups excluding carboxylic acids is 1. The van der Waals surface area contributed by atoms with Crippen molar-refractivity contribution in [2.24, 2.45) is 11.8 Å². The highest BCUT2D eigenvalue weighted by molar-refractivity contribution is 5.90. The number of rotatable bonds is 5. The van der Waals surface area contributed by atoms with Crippen molar-refractivity contribution in [2.45, 2.75) is 51.4 Å². The van der Waals surface area contributed by atoms with Gasteiger partial charge in [0.15, 0.2) is 0 Å². The van der Waals surface area contributed by atoms with Crippen LogP contribution in [0.4, 0.5) is 0 Å². The number of nitrogens with zero attached hydrogens (tertiary/aromatic N) is 1. The van der Waals surface area contributed by atoms with E-state index in [4.69, 9.17) is 4.74 Å². The van der Waals surface area contributed by atoms with Crippen LogP contribution in [0.3, 0.4) is 0 Å². The second kappa shape index (κ2) is 5.23. The van der Waals surface area contributed by atoms with Gasteiger partial charge in [-0.2, -0.15) is 0 Å². The minimum atomic E-state index is -0.936. The van der Waals surface area contributed by atoms with Crippen LogP contribution in [0.5, 0.6) is 0 Å². The SMILES string of the molecule is CC(C)=CCC[C@@H](C)N1C[C@@]23C=C[C@@H](O2)[C@@H](C(=O)O)[C@H]3C1=O. The fraction of sp³-hybridized carbons (Fsp3) is 0.647. The van der Waals surface area contributed by atoms with Gasteiger partial charge in [0.2, 0.25) is 5.91 Å². The molecule has 0 unspecified atom stereocenters. The molecule has 5 atom stereocenters. The van der Waals surface area contributed by atoms with Crippen LogP contribution in [0.25, 0.3) is 0 Å². The Hall–Kier alpha value is -1.62. The van der Waals surface area contributed by atoms with Gasteiger partial charge in [-0.25, -0.2) is 0 Å². The largest absolute Gasteiger partial charge is 0.481 e. The van der Waals surface area contributed by atoms with Gasteiger partial charge in [0.25, 0.3) is 0 Å². The van der Waals surface area contributed by atoms with E-state index in [1.54, 1.807) is 6.08 Å². The average molecular weight is 305 g/mol. The lowest BCUT2D eigenvalue weighted by molar-refractivity contribution is -0.148. The van der Waals surface area contributed by atoms with E-state index >= 15 is 0 Å². The van der Waals surface area contributed by atoms with Gasteiger partial charge in [-0.1, -0.05) is 23.8 Å². The lowest BCUT2D eigenvalue weighted by Gasteiger charge is -2.27. The fourth-order valence-electron chi connectivity index (χ4n) is 3.95. The summed E-state index contributed by atoms with van der Waals surface area (Å²) in [5.41, 5.74) is 0.557. The third-order valence-corrected chi connectivity index (χ3v) is 5.08. The van der Waals surface area contributed by atoms with Gasteiger partial charge < -0.3 is 14.7 Å². The van der Waals surface area contributed by atoms with Gasteiger partial charge in [-0.15, -0.1) is 0 Å². The van der Waals surface area contributed by atoms with Gasteiger partial charge >= 0.3 is 5.97 Å². The molecule has 1 spiro atoms. The Kier molecular flexibility index (Phi) is 3.63. The van der Waals surface area contributed by atoms with E-state index < -0.39 is 29.5 Å².